The molecule has 4 nitrogen and oxygen atoms in total. The van der Waals surface area contributed by atoms with Crippen LogP contribution in [0.25, 0.3) is 0 Å². The summed E-state index contributed by atoms with van der Waals surface area (Å²) in [5, 5.41) is 11.8. The minimum absolute atomic E-state index is 0.139. The number of unbranched alkanes of at least 4 members (excludes halogenated alkanes) is 1. The van der Waals surface area contributed by atoms with Gasteiger partial charge in [0.25, 0.3) is 0 Å². The van der Waals surface area contributed by atoms with E-state index in [0.29, 0.717) is 19.8 Å². The summed E-state index contributed by atoms with van der Waals surface area (Å²) in [4.78, 5) is 10.8. The van der Waals surface area contributed by atoms with Crippen molar-refractivity contribution in [3.8, 4) is 5.75 Å². The van der Waals surface area contributed by atoms with E-state index in [0.717, 1.165) is 18.4 Å². The molecule has 0 aliphatic carbocycles. The highest BCUT2D eigenvalue weighted by molar-refractivity contribution is 5.86. The summed E-state index contributed by atoms with van der Waals surface area (Å²) in [5.41, 5.74) is 1.03. The highest BCUT2D eigenvalue weighted by atomic mass is 16.5. The van der Waals surface area contributed by atoms with Crippen molar-refractivity contribution in [2.24, 2.45) is 0 Å². The van der Waals surface area contributed by atoms with Gasteiger partial charge in [0, 0.05) is 13.2 Å². The molecule has 1 aromatic carbocycles. The van der Waals surface area contributed by atoms with Crippen molar-refractivity contribution in [2.75, 3.05) is 13.2 Å². The van der Waals surface area contributed by atoms with Crippen LogP contribution in [0, 0.1) is 0 Å². The SMILES string of the molecule is C=CC(=O)NCCCCOCc1ccc(O)cc1. The van der Waals surface area contributed by atoms with Crippen molar-refractivity contribution >= 4 is 5.91 Å². The van der Waals surface area contributed by atoms with Crippen LogP contribution in [-0.2, 0) is 16.1 Å². The van der Waals surface area contributed by atoms with Crippen molar-refractivity contribution < 1.29 is 14.6 Å². The molecule has 0 heterocycles. The summed E-state index contributed by atoms with van der Waals surface area (Å²) in [6, 6.07) is 6.95. The monoisotopic (exact) mass is 249 g/mol. The zero-order valence-electron chi connectivity index (χ0n) is 10.4. The maximum atomic E-state index is 10.8. The first-order valence-electron chi connectivity index (χ1n) is 5.98. The Hall–Kier alpha value is -1.81. The van der Waals surface area contributed by atoms with E-state index in [1.807, 2.05) is 12.1 Å². The van der Waals surface area contributed by atoms with Gasteiger partial charge in [-0.25, -0.2) is 0 Å². The Balaban J connectivity index is 2.00. The third-order valence-electron chi connectivity index (χ3n) is 2.41. The Kier molecular flexibility index (Phi) is 6.58. The molecule has 0 saturated carbocycles. The van der Waals surface area contributed by atoms with Gasteiger partial charge in [-0.15, -0.1) is 0 Å². The largest absolute Gasteiger partial charge is 0.508 e. The Bertz CT molecular complexity index is 373. The van der Waals surface area contributed by atoms with Crippen molar-refractivity contribution in [1.82, 2.24) is 5.32 Å². The molecule has 18 heavy (non-hydrogen) atoms. The number of hydrogen-bond donors (Lipinski definition) is 2. The van der Waals surface area contributed by atoms with E-state index in [-0.39, 0.29) is 11.7 Å². The number of ether oxygens (including phenoxy) is 1. The van der Waals surface area contributed by atoms with Crippen LogP contribution in [0.2, 0.25) is 0 Å². The van der Waals surface area contributed by atoms with Crippen molar-refractivity contribution in [1.29, 1.82) is 0 Å². The molecule has 1 aromatic rings. The third kappa shape index (κ3) is 6.06. The second-order valence-electron chi connectivity index (χ2n) is 3.92. The topological polar surface area (TPSA) is 58.6 Å². The second kappa shape index (κ2) is 8.31. The van der Waals surface area contributed by atoms with Crippen LogP contribution in [0.4, 0.5) is 0 Å². The first-order valence-corrected chi connectivity index (χ1v) is 5.98. The fourth-order valence-electron chi connectivity index (χ4n) is 1.40. The fraction of sp³-hybridized carbons (Fsp3) is 0.357. The minimum Gasteiger partial charge on any atom is -0.508 e. The Morgan fingerprint density at radius 1 is 1.33 bits per heavy atom. The molecule has 0 spiro atoms. The van der Waals surface area contributed by atoms with Gasteiger partial charge in [-0.05, 0) is 36.6 Å². The summed E-state index contributed by atoms with van der Waals surface area (Å²) in [6.45, 7) is 5.22. The smallest absolute Gasteiger partial charge is 0.243 e. The summed E-state index contributed by atoms with van der Waals surface area (Å²) in [7, 11) is 0. The number of carbonyl (C=O) groups is 1. The molecular formula is C14H19NO3. The molecule has 0 fully saturated rings. The highest BCUT2D eigenvalue weighted by Crippen LogP contribution is 2.10. The summed E-state index contributed by atoms with van der Waals surface area (Å²) < 4.78 is 5.48. The van der Waals surface area contributed by atoms with E-state index in [4.69, 9.17) is 9.84 Å². The number of nitrogens with one attached hydrogen (secondary N) is 1. The quantitative estimate of drug-likeness (QED) is 0.547. The van der Waals surface area contributed by atoms with Crippen molar-refractivity contribution in [3.63, 3.8) is 0 Å². The maximum absolute atomic E-state index is 10.8. The molecule has 0 bridgehead atoms. The summed E-state index contributed by atoms with van der Waals surface area (Å²) in [6.07, 6.45) is 3.05. The predicted octanol–water partition coefficient (Wildman–Crippen LogP) is 1.99. The maximum Gasteiger partial charge on any atom is 0.243 e. The zero-order chi connectivity index (χ0) is 13.2. The van der Waals surface area contributed by atoms with Crippen LogP contribution in [0.3, 0.4) is 0 Å². The number of carbonyl (C=O) groups excluding carboxylic acids is 1. The molecule has 98 valence electrons. The van der Waals surface area contributed by atoms with Crippen molar-refractivity contribution in [3.05, 3.63) is 42.5 Å². The summed E-state index contributed by atoms with van der Waals surface area (Å²) >= 11 is 0. The molecule has 2 N–H and O–H groups in total. The van der Waals surface area contributed by atoms with Crippen LogP contribution < -0.4 is 5.32 Å². The fourth-order valence-corrected chi connectivity index (χ4v) is 1.40. The zero-order valence-corrected chi connectivity index (χ0v) is 10.4. The average molecular weight is 249 g/mol. The van der Waals surface area contributed by atoms with Gasteiger partial charge >= 0.3 is 0 Å². The molecule has 0 saturated heterocycles. The molecule has 0 aliphatic rings. The lowest BCUT2D eigenvalue weighted by atomic mass is 10.2. The van der Waals surface area contributed by atoms with Gasteiger partial charge < -0.3 is 15.2 Å². The van der Waals surface area contributed by atoms with E-state index in [9.17, 15) is 4.79 Å². The molecular weight excluding hydrogens is 230 g/mol. The number of aromatic hydroxyl groups is 1. The summed E-state index contributed by atoms with van der Waals surface area (Å²) in [5.74, 6) is 0.122. The van der Waals surface area contributed by atoms with Crippen LogP contribution in [0.1, 0.15) is 18.4 Å². The number of hydrogen-bond acceptors (Lipinski definition) is 3. The lowest BCUT2D eigenvalue weighted by Crippen LogP contribution is -2.22. The molecule has 0 aliphatic heterocycles. The van der Waals surface area contributed by atoms with Gasteiger partial charge in [-0.3, -0.25) is 4.79 Å². The number of phenols is 1. The third-order valence-corrected chi connectivity index (χ3v) is 2.41. The van der Waals surface area contributed by atoms with Gasteiger partial charge in [0.05, 0.1) is 6.61 Å². The van der Waals surface area contributed by atoms with Crippen molar-refractivity contribution in [2.45, 2.75) is 19.4 Å². The molecule has 0 aromatic heterocycles. The molecule has 0 atom stereocenters. The van der Waals surface area contributed by atoms with Gasteiger partial charge in [-0.1, -0.05) is 18.7 Å². The first kappa shape index (κ1) is 14.3. The molecule has 1 rings (SSSR count). The van der Waals surface area contributed by atoms with Crippen LogP contribution in [0.15, 0.2) is 36.9 Å². The van der Waals surface area contributed by atoms with Gasteiger partial charge in [-0.2, -0.15) is 0 Å². The second-order valence-corrected chi connectivity index (χ2v) is 3.92. The number of phenolic OH excluding ortho intramolecular Hbond substituents is 1. The molecule has 1 amide bonds. The van der Waals surface area contributed by atoms with Crippen LogP contribution in [0.5, 0.6) is 5.75 Å². The minimum atomic E-state index is -0.139. The number of amides is 1. The molecule has 0 unspecified atom stereocenters. The van der Waals surface area contributed by atoms with E-state index in [1.165, 1.54) is 6.08 Å². The van der Waals surface area contributed by atoms with E-state index < -0.39 is 0 Å². The standard InChI is InChI=1S/C14H19NO3/c1-2-14(17)15-9-3-4-10-18-11-12-5-7-13(16)8-6-12/h2,5-8,16H,1,3-4,9-11H2,(H,15,17). The predicted molar refractivity (Wildman–Crippen MR) is 70.2 cm³/mol. The highest BCUT2D eigenvalue weighted by Gasteiger charge is 1.95. The number of rotatable bonds is 8. The lowest BCUT2D eigenvalue weighted by molar-refractivity contribution is -0.116. The first-order chi connectivity index (χ1) is 8.72. The molecule has 4 heteroatoms. The van der Waals surface area contributed by atoms with E-state index >= 15 is 0 Å². The Morgan fingerprint density at radius 2 is 2.06 bits per heavy atom. The normalized spacial score (nSPS) is 10.0. The van der Waals surface area contributed by atoms with Crippen LogP contribution in [-0.4, -0.2) is 24.2 Å². The van der Waals surface area contributed by atoms with Crippen LogP contribution >= 0.6 is 0 Å². The van der Waals surface area contributed by atoms with Gasteiger partial charge in [0.15, 0.2) is 0 Å². The average Bonchev–Trinajstić information content (AvgIpc) is 2.39. The Morgan fingerprint density at radius 3 is 2.72 bits per heavy atom. The number of benzene rings is 1. The van der Waals surface area contributed by atoms with Gasteiger partial charge in [0.2, 0.25) is 5.91 Å². The molecule has 0 radical (unpaired) electrons. The van der Waals surface area contributed by atoms with E-state index in [1.54, 1.807) is 12.1 Å². The lowest BCUT2D eigenvalue weighted by Gasteiger charge is -2.05. The van der Waals surface area contributed by atoms with E-state index in [2.05, 4.69) is 11.9 Å². The Labute approximate surface area is 107 Å². The van der Waals surface area contributed by atoms with Gasteiger partial charge in [0.1, 0.15) is 5.75 Å².